The summed E-state index contributed by atoms with van der Waals surface area (Å²) in [6.45, 7) is 6.97. The van der Waals surface area contributed by atoms with Gasteiger partial charge in [0.2, 0.25) is 5.13 Å². The lowest BCUT2D eigenvalue weighted by atomic mass is 10.3. The topological polar surface area (TPSA) is 137 Å². The molecule has 3 aromatic rings. The van der Waals surface area contributed by atoms with Crippen molar-refractivity contribution >= 4 is 45.5 Å². The fourth-order valence-corrected chi connectivity index (χ4v) is 4.58. The highest BCUT2D eigenvalue weighted by Crippen LogP contribution is 2.29. The molecule has 0 unspecified atom stereocenters. The minimum atomic E-state index is -0.581. The number of imidazole rings is 1. The largest absolute Gasteiger partial charge is 0.450 e. The van der Waals surface area contributed by atoms with E-state index in [1.807, 2.05) is 18.4 Å². The quantitative estimate of drug-likeness (QED) is 0.372. The van der Waals surface area contributed by atoms with Gasteiger partial charge in [0.15, 0.2) is 15.5 Å². The van der Waals surface area contributed by atoms with Crippen LogP contribution in [0.3, 0.4) is 0 Å². The Balaban J connectivity index is 1.85. The molecule has 0 bridgehead atoms. The van der Waals surface area contributed by atoms with Crippen molar-refractivity contribution < 1.29 is 9.53 Å². The van der Waals surface area contributed by atoms with Crippen LogP contribution in [-0.4, -0.2) is 42.0 Å². The fourth-order valence-electron chi connectivity index (χ4n) is 2.89. The molecule has 0 saturated heterocycles. The van der Waals surface area contributed by atoms with E-state index in [-0.39, 0.29) is 6.61 Å². The van der Waals surface area contributed by atoms with E-state index >= 15 is 0 Å². The lowest BCUT2D eigenvalue weighted by Gasteiger charge is -2.06. The van der Waals surface area contributed by atoms with Gasteiger partial charge in [-0.3, -0.25) is 19.7 Å². The highest BCUT2D eigenvalue weighted by atomic mass is 32.2. The van der Waals surface area contributed by atoms with Crippen molar-refractivity contribution in [2.75, 3.05) is 11.9 Å². The molecular weight excluding hydrogens is 430 g/mol. The average molecular weight is 454 g/mol. The van der Waals surface area contributed by atoms with Crippen molar-refractivity contribution in [3.63, 3.8) is 0 Å². The third-order valence-corrected chi connectivity index (χ3v) is 6.20. The molecular formula is C17H23N7O4S2. The number of ether oxygens (including phenoxy) is 1. The minimum Gasteiger partial charge on any atom is -0.450 e. The summed E-state index contributed by atoms with van der Waals surface area (Å²) in [6, 6.07) is 0. The normalized spacial score (nSPS) is 11.2. The first-order valence-electron chi connectivity index (χ1n) is 9.60. The third kappa shape index (κ3) is 4.73. The molecule has 0 atom stereocenters. The number of thioether (sulfide) groups is 1. The zero-order valence-electron chi connectivity index (χ0n) is 16.9. The second-order valence-electron chi connectivity index (χ2n) is 6.22. The third-order valence-electron chi connectivity index (χ3n) is 4.23. The molecule has 0 fully saturated rings. The molecule has 0 aliphatic heterocycles. The van der Waals surface area contributed by atoms with Gasteiger partial charge in [-0.15, -0.1) is 10.2 Å². The lowest BCUT2D eigenvalue weighted by Crippen LogP contribution is -2.31. The first kappa shape index (κ1) is 22.0. The smallest absolute Gasteiger partial charge is 0.413 e. The highest BCUT2D eigenvalue weighted by Gasteiger charge is 2.18. The van der Waals surface area contributed by atoms with Gasteiger partial charge in [-0.1, -0.05) is 36.4 Å². The zero-order chi connectivity index (χ0) is 21.7. The van der Waals surface area contributed by atoms with Crippen molar-refractivity contribution in [1.82, 2.24) is 29.3 Å². The number of carbonyl (C=O) groups is 1. The van der Waals surface area contributed by atoms with E-state index in [9.17, 15) is 14.4 Å². The number of aromatic amines is 1. The molecule has 3 heterocycles. The van der Waals surface area contributed by atoms with Crippen LogP contribution in [-0.2, 0) is 23.6 Å². The van der Waals surface area contributed by atoms with Gasteiger partial charge < -0.3 is 9.30 Å². The molecule has 3 aromatic heterocycles. The molecule has 2 N–H and O–H groups in total. The Hall–Kier alpha value is -2.67. The number of fused-ring (bicyclic) bond motifs is 1. The Kier molecular flexibility index (Phi) is 7.26. The van der Waals surface area contributed by atoms with Crippen molar-refractivity contribution in [2.24, 2.45) is 0 Å². The fraction of sp³-hybridized carbons (Fsp3) is 0.529. The minimum absolute atomic E-state index is 0.266. The Morgan fingerprint density at radius 2 is 2.03 bits per heavy atom. The Labute approximate surface area is 179 Å². The Morgan fingerprint density at radius 1 is 1.23 bits per heavy atom. The van der Waals surface area contributed by atoms with Crippen LogP contribution in [0.2, 0.25) is 0 Å². The SMILES string of the molecule is CCCCn1c(=O)[nH]c(=O)c2c1nc(CSc1nnc(NC(=O)OCC)s1)n2CC. The van der Waals surface area contributed by atoms with Gasteiger partial charge in [0, 0.05) is 13.1 Å². The van der Waals surface area contributed by atoms with Crippen molar-refractivity contribution in [3.8, 4) is 0 Å². The van der Waals surface area contributed by atoms with Gasteiger partial charge in [-0.2, -0.15) is 0 Å². The van der Waals surface area contributed by atoms with Gasteiger partial charge >= 0.3 is 11.8 Å². The van der Waals surface area contributed by atoms with Crippen LogP contribution in [0.5, 0.6) is 0 Å². The molecule has 0 aliphatic carbocycles. The first-order chi connectivity index (χ1) is 14.5. The number of nitrogens with zero attached hydrogens (tertiary/aromatic N) is 5. The maximum atomic E-state index is 12.4. The summed E-state index contributed by atoms with van der Waals surface area (Å²) in [5.41, 5.74) is -0.0905. The van der Waals surface area contributed by atoms with Gasteiger partial charge in [0.1, 0.15) is 5.82 Å². The van der Waals surface area contributed by atoms with E-state index in [1.54, 1.807) is 6.92 Å². The predicted octanol–water partition coefficient (Wildman–Crippen LogP) is 2.42. The summed E-state index contributed by atoms with van der Waals surface area (Å²) >= 11 is 2.60. The lowest BCUT2D eigenvalue weighted by molar-refractivity contribution is 0.168. The van der Waals surface area contributed by atoms with E-state index in [0.717, 1.165) is 12.8 Å². The summed E-state index contributed by atoms with van der Waals surface area (Å²) in [6.07, 6.45) is 1.15. The molecule has 1 amide bonds. The van der Waals surface area contributed by atoms with E-state index in [0.29, 0.717) is 45.3 Å². The highest BCUT2D eigenvalue weighted by molar-refractivity contribution is 8.00. The second kappa shape index (κ2) is 9.89. The average Bonchev–Trinajstić information content (AvgIpc) is 3.30. The number of aryl methyl sites for hydroxylation is 2. The van der Waals surface area contributed by atoms with Gasteiger partial charge in [0.05, 0.1) is 12.4 Å². The second-order valence-corrected chi connectivity index (χ2v) is 8.42. The zero-order valence-corrected chi connectivity index (χ0v) is 18.6. The van der Waals surface area contributed by atoms with E-state index < -0.39 is 17.3 Å². The number of carbonyl (C=O) groups excluding carboxylic acids is 1. The number of hydrogen-bond donors (Lipinski definition) is 2. The van der Waals surface area contributed by atoms with Crippen LogP contribution in [0.4, 0.5) is 9.93 Å². The van der Waals surface area contributed by atoms with E-state index in [2.05, 4.69) is 25.5 Å². The maximum Gasteiger partial charge on any atom is 0.413 e. The van der Waals surface area contributed by atoms with Crippen LogP contribution in [0.1, 0.15) is 39.4 Å². The van der Waals surface area contributed by atoms with E-state index in [4.69, 9.17) is 4.74 Å². The van der Waals surface area contributed by atoms with Crippen LogP contribution < -0.4 is 16.6 Å². The summed E-state index contributed by atoms with van der Waals surface area (Å²) in [4.78, 5) is 43.2. The molecule has 3 rings (SSSR count). The van der Waals surface area contributed by atoms with Crippen LogP contribution in [0.15, 0.2) is 13.9 Å². The number of H-pyrrole nitrogens is 1. The van der Waals surface area contributed by atoms with Crippen molar-refractivity contribution in [1.29, 1.82) is 0 Å². The Morgan fingerprint density at radius 3 is 2.73 bits per heavy atom. The first-order valence-corrected chi connectivity index (χ1v) is 11.4. The van der Waals surface area contributed by atoms with Gasteiger partial charge in [-0.25, -0.2) is 14.6 Å². The molecule has 0 spiro atoms. The number of amides is 1. The molecule has 0 aliphatic rings. The molecule has 0 radical (unpaired) electrons. The number of aromatic nitrogens is 6. The number of nitrogens with one attached hydrogen (secondary N) is 2. The maximum absolute atomic E-state index is 12.4. The molecule has 11 nitrogen and oxygen atoms in total. The molecule has 0 saturated carbocycles. The van der Waals surface area contributed by atoms with Crippen LogP contribution in [0, 0.1) is 0 Å². The summed E-state index contributed by atoms with van der Waals surface area (Å²) in [7, 11) is 0. The van der Waals surface area contributed by atoms with Gasteiger partial charge in [-0.05, 0) is 20.3 Å². The van der Waals surface area contributed by atoms with Crippen LogP contribution in [0.25, 0.3) is 11.2 Å². The molecule has 0 aromatic carbocycles. The number of rotatable bonds is 9. The van der Waals surface area contributed by atoms with Gasteiger partial charge in [0.25, 0.3) is 5.56 Å². The predicted molar refractivity (Wildman–Crippen MR) is 115 cm³/mol. The Bertz CT molecular complexity index is 1150. The number of anilines is 1. The van der Waals surface area contributed by atoms with Crippen LogP contribution >= 0.6 is 23.1 Å². The molecule has 30 heavy (non-hydrogen) atoms. The van der Waals surface area contributed by atoms with Crippen molar-refractivity contribution in [2.45, 2.75) is 56.8 Å². The van der Waals surface area contributed by atoms with Crippen molar-refractivity contribution in [3.05, 3.63) is 26.7 Å². The standard InChI is InChI=1S/C17H23N7O4S2/c1-4-7-8-24-12-11(13(25)19-15(24)26)23(5-2)10(18-12)9-29-17-22-21-14(30-17)20-16(27)28-6-3/h4-9H2,1-3H3,(H,19,25,26)(H,20,21,27). The monoisotopic (exact) mass is 453 g/mol. The number of hydrogen-bond acceptors (Lipinski definition) is 9. The summed E-state index contributed by atoms with van der Waals surface area (Å²) in [5.74, 6) is 1.09. The summed E-state index contributed by atoms with van der Waals surface area (Å²) in [5, 5.41) is 10.8. The molecule has 162 valence electrons. The number of unbranched alkanes of at least 4 members (excludes halogenated alkanes) is 1. The molecule has 13 heteroatoms. The summed E-state index contributed by atoms with van der Waals surface area (Å²) < 4.78 is 8.78. The van der Waals surface area contributed by atoms with E-state index in [1.165, 1.54) is 27.7 Å².